The molecule has 0 amide bonds. The van der Waals surface area contributed by atoms with E-state index in [9.17, 15) is 13.2 Å². The van der Waals surface area contributed by atoms with Crippen LogP contribution < -0.4 is 5.73 Å². The number of nitrogens with two attached hydrogens (primary N) is 1. The van der Waals surface area contributed by atoms with Gasteiger partial charge in [-0.1, -0.05) is 6.07 Å². The highest BCUT2D eigenvalue weighted by Crippen LogP contribution is 2.39. The number of carbonyl (C=O) groups is 1. The minimum Gasteiger partial charge on any atom is -0.465 e. The quantitative estimate of drug-likeness (QED) is 0.835. The zero-order valence-corrected chi connectivity index (χ0v) is 14.2. The fourth-order valence-electron chi connectivity index (χ4n) is 3.72. The van der Waals surface area contributed by atoms with E-state index >= 15 is 0 Å². The lowest BCUT2D eigenvalue weighted by Crippen LogP contribution is -2.33. The average molecular weight is 338 g/mol. The van der Waals surface area contributed by atoms with Gasteiger partial charge in [0.25, 0.3) is 0 Å². The van der Waals surface area contributed by atoms with Crippen LogP contribution in [0.25, 0.3) is 0 Å². The molecule has 7 heteroatoms. The summed E-state index contributed by atoms with van der Waals surface area (Å²) in [5, 5.41) is 0. The summed E-state index contributed by atoms with van der Waals surface area (Å²) in [6, 6.07) is 4.71. The van der Waals surface area contributed by atoms with Crippen molar-refractivity contribution in [2.75, 3.05) is 20.2 Å². The Balaban J connectivity index is 1.93. The molecule has 6 nitrogen and oxygen atoms in total. The molecule has 2 aliphatic rings. The van der Waals surface area contributed by atoms with E-state index in [0.717, 1.165) is 12.8 Å². The van der Waals surface area contributed by atoms with Crippen LogP contribution in [0.1, 0.15) is 28.8 Å². The highest BCUT2D eigenvalue weighted by Gasteiger charge is 2.45. The lowest BCUT2D eigenvalue weighted by Gasteiger charge is -2.20. The van der Waals surface area contributed by atoms with E-state index < -0.39 is 16.0 Å². The zero-order chi connectivity index (χ0) is 16.8. The van der Waals surface area contributed by atoms with Gasteiger partial charge in [-0.15, -0.1) is 0 Å². The predicted molar refractivity (Wildman–Crippen MR) is 85.5 cm³/mol. The van der Waals surface area contributed by atoms with Gasteiger partial charge in [-0.2, -0.15) is 4.31 Å². The Bertz CT molecular complexity index is 732. The van der Waals surface area contributed by atoms with Crippen molar-refractivity contribution >= 4 is 16.0 Å². The van der Waals surface area contributed by atoms with E-state index in [0.29, 0.717) is 24.6 Å². The maximum absolute atomic E-state index is 13.0. The van der Waals surface area contributed by atoms with Crippen molar-refractivity contribution in [3.8, 4) is 0 Å². The first kappa shape index (κ1) is 16.4. The van der Waals surface area contributed by atoms with Crippen LogP contribution in [0.15, 0.2) is 23.1 Å². The Morgan fingerprint density at radius 2 is 2.04 bits per heavy atom. The molecule has 1 saturated heterocycles. The van der Waals surface area contributed by atoms with Gasteiger partial charge in [0.15, 0.2) is 0 Å². The summed E-state index contributed by atoms with van der Waals surface area (Å²) in [4.78, 5) is 11.9. The highest BCUT2D eigenvalue weighted by atomic mass is 32.2. The molecule has 1 aliphatic heterocycles. The van der Waals surface area contributed by atoms with Crippen LogP contribution in [0, 0.1) is 18.8 Å². The number of ether oxygens (including phenoxy) is 1. The number of nitrogens with zero attached hydrogens (tertiary/aromatic N) is 1. The molecule has 0 aromatic heterocycles. The Morgan fingerprint density at radius 3 is 2.70 bits per heavy atom. The van der Waals surface area contributed by atoms with E-state index in [1.807, 2.05) is 0 Å². The molecule has 3 unspecified atom stereocenters. The van der Waals surface area contributed by atoms with Crippen molar-refractivity contribution < 1.29 is 17.9 Å². The first-order valence-electron chi connectivity index (χ1n) is 7.79. The summed E-state index contributed by atoms with van der Waals surface area (Å²) in [5.74, 6) is 0.0551. The molecule has 1 aromatic rings. The second kappa shape index (κ2) is 5.89. The topological polar surface area (TPSA) is 89.7 Å². The van der Waals surface area contributed by atoms with E-state index in [2.05, 4.69) is 4.74 Å². The second-order valence-electron chi connectivity index (χ2n) is 6.46. The molecule has 2 N–H and O–H groups in total. The minimum absolute atomic E-state index is 0.0858. The Morgan fingerprint density at radius 1 is 1.30 bits per heavy atom. The number of sulfonamides is 1. The fourth-order valence-corrected chi connectivity index (χ4v) is 5.51. The SMILES string of the molecule is COC(=O)c1ccc(C)c(S(=O)(=O)N2CC3CCC(N)C3C2)c1. The molecular weight excluding hydrogens is 316 g/mol. The van der Waals surface area contributed by atoms with Gasteiger partial charge in [0.2, 0.25) is 10.0 Å². The molecule has 1 aromatic carbocycles. The van der Waals surface area contributed by atoms with Gasteiger partial charge in [0, 0.05) is 19.1 Å². The summed E-state index contributed by atoms with van der Waals surface area (Å²) in [6.45, 7) is 2.72. The predicted octanol–water partition coefficient (Wildman–Crippen LogP) is 1.14. The van der Waals surface area contributed by atoms with Crippen LogP contribution in [-0.2, 0) is 14.8 Å². The lowest BCUT2D eigenvalue weighted by atomic mass is 9.98. The molecule has 0 radical (unpaired) electrons. The van der Waals surface area contributed by atoms with Gasteiger partial charge < -0.3 is 10.5 Å². The second-order valence-corrected chi connectivity index (χ2v) is 8.37. The fraction of sp³-hybridized carbons (Fsp3) is 0.562. The smallest absolute Gasteiger partial charge is 0.337 e. The van der Waals surface area contributed by atoms with Crippen molar-refractivity contribution in [3.05, 3.63) is 29.3 Å². The van der Waals surface area contributed by atoms with Crippen molar-refractivity contribution in [1.82, 2.24) is 4.31 Å². The molecule has 3 atom stereocenters. The highest BCUT2D eigenvalue weighted by molar-refractivity contribution is 7.89. The van der Waals surface area contributed by atoms with Gasteiger partial charge in [-0.25, -0.2) is 13.2 Å². The molecule has 2 fully saturated rings. The number of esters is 1. The number of methoxy groups -OCH3 is 1. The van der Waals surface area contributed by atoms with Crippen LogP contribution in [0.3, 0.4) is 0 Å². The number of benzene rings is 1. The first-order valence-corrected chi connectivity index (χ1v) is 9.23. The maximum atomic E-state index is 13.0. The van der Waals surface area contributed by atoms with Gasteiger partial charge in [0.1, 0.15) is 0 Å². The molecule has 3 rings (SSSR count). The molecule has 0 bridgehead atoms. The van der Waals surface area contributed by atoms with E-state index in [-0.39, 0.29) is 22.4 Å². The number of rotatable bonds is 3. The number of fused-ring (bicyclic) bond motifs is 1. The Labute approximate surface area is 136 Å². The van der Waals surface area contributed by atoms with Crippen LogP contribution >= 0.6 is 0 Å². The van der Waals surface area contributed by atoms with E-state index in [4.69, 9.17) is 5.73 Å². The van der Waals surface area contributed by atoms with Crippen LogP contribution in [-0.4, -0.2) is 44.9 Å². The molecule has 1 saturated carbocycles. The molecule has 23 heavy (non-hydrogen) atoms. The summed E-state index contributed by atoms with van der Waals surface area (Å²) >= 11 is 0. The Hall–Kier alpha value is -1.44. The third-order valence-electron chi connectivity index (χ3n) is 5.11. The summed E-state index contributed by atoms with van der Waals surface area (Å²) in [5.41, 5.74) is 6.96. The van der Waals surface area contributed by atoms with Gasteiger partial charge in [-0.05, 0) is 49.3 Å². The maximum Gasteiger partial charge on any atom is 0.337 e. The molecule has 1 heterocycles. The van der Waals surface area contributed by atoms with Gasteiger partial charge in [0.05, 0.1) is 17.6 Å². The third-order valence-corrected chi connectivity index (χ3v) is 7.08. The van der Waals surface area contributed by atoms with Crippen molar-refractivity contribution in [3.63, 3.8) is 0 Å². The lowest BCUT2D eigenvalue weighted by molar-refractivity contribution is 0.0600. The van der Waals surface area contributed by atoms with Gasteiger partial charge in [-0.3, -0.25) is 0 Å². The molecular formula is C16H22N2O4S. The van der Waals surface area contributed by atoms with Crippen LogP contribution in [0.5, 0.6) is 0 Å². The number of hydrogen-bond donors (Lipinski definition) is 1. The third kappa shape index (κ3) is 2.77. The minimum atomic E-state index is -3.63. The first-order chi connectivity index (χ1) is 10.8. The van der Waals surface area contributed by atoms with Crippen molar-refractivity contribution in [2.45, 2.75) is 30.7 Å². The number of carbonyl (C=O) groups excluding carboxylic acids is 1. The van der Waals surface area contributed by atoms with E-state index in [1.54, 1.807) is 19.1 Å². The number of hydrogen-bond acceptors (Lipinski definition) is 5. The summed E-state index contributed by atoms with van der Waals surface area (Å²) < 4.78 is 32.2. The number of aryl methyl sites for hydroxylation is 1. The average Bonchev–Trinajstić information content (AvgIpc) is 3.10. The largest absolute Gasteiger partial charge is 0.465 e. The molecule has 1 aliphatic carbocycles. The van der Waals surface area contributed by atoms with Crippen LogP contribution in [0.2, 0.25) is 0 Å². The van der Waals surface area contributed by atoms with E-state index in [1.165, 1.54) is 17.5 Å². The Kier molecular flexibility index (Phi) is 4.20. The standard InChI is InChI=1S/C16H22N2O4S/c1-10-3-4-11(16(19)22-2)7-15(10)23(20,21)18-8-12-5-6-14(17)13(12)9-18/h3-4,7,12-14H,5-6,8-9,17H2,1-2H3. The normalized spacial score (nSPS) is 27.9. The summed E-state index contributed by atoms with van der Waals surface area (Å²) in [6.07, 6.45) is 1.96. The summed E-state index contributed by atoms with van der Waals surface area (Å²) in [7, 11) is -2.35. The monoisotopic (exact) mass is 338 g/mol. The van der Waals surface area contributed by atoms with Crippen molar-refractivity contribution in [2.24, 2.45) is 17.6 Å². The van der Waals surface area contributed by atoms with Crippen molar-refractivity contribution in [1.29, 1.82) is 0 Å². The zero-order valence-electron chi connectivity index (χ0n) is 13.4. The molecule has 126 valence electrons. The molecule has 0 spiro atoms. The van der Waals surface area contributed by atoms with Gasteiger partial charge >= 0.3 is 5.97 Å². The van der Waals surface area contributed by atoms with Crippen LogP contribution in [0.4, 0.5) is 0 Å².